The van der Waals surface area contributed by atoms with Gasteiger partial charge in [0.1, 0.15) is 5.76 Å². The number of sulfonamides is 1. The Hall–Kier alpha value is -0.890. The standard InChI is InChI=1S/C14H25N3O3S/c1-4-17-8-7-12(11-17)9-15-10-13-5-6-14(20-13)21(18,19)16(2)3/h5-6,12,15H,4,7-11H2,1-3H3. The Morgan fingerprint density at radius 2 is 2.19 bits per heavy atom. The van der Waals surface area contributed by atoms with Gasteiger partial charge >= 0.3 is 0 Å². The summed E-state index contributed by atoms with van der Waals surface area (Å²) in [7, 11) is -0.484. The second-order valence-corrected chi connectivity index (χ2v) is 7.77. The summed E-state index contributed by atoms with van der Waals surface area (Å²) in [5.41, 5.74) is 0. The smallest absolute Gasteiger partial charge is 0.275 e. The number of likely N-dealkylation sites (tertiary alicyclic amines) is 1. The Labute approximate surface area is 127 Å². The molecule has 0 amide bonds. The summed E-state index contributed by atoms with van der Waals surface area (Å²) < 4.78 is 30.4. The van der Waals surface area contributed by atoms with Crippen molar-refractivity contribution in [2.45, 2.75) is 25.0 Å². The highest BCUT2D eigenvalue weighted by atomic mass is 32.2. The first-order valence-electron chi connectivity index (χ1n) is 7.37. The summed E-state index contributed by atoms with van der Waals surface area (Å²) in [5.74, 6) is 1.32. The van der Waals surface area contributed by atoms with Gasteiger partial charge in [-0.3, -0.25) is 0 Å². The molecule has 21 heavy (non-hydrogen) atoms. The Balaban J connectivity index is 1.81. The average molecular weight is 315 g/mol. The predicted octanol–water partition coefficient (Wildman–Crippen LogP) is 0.961. The first-order chi connectivity index (χ1) is 9.93. The molecule has 1 aromatic heterocycles. The summed E-state index contributed by atoms with van der Waals surface area (Å²) in [6.45, 7) is 7.11. The van der Waals surface area contributed by atoms with Crippen LogP contribution in [-0.2, 0) is 16.6 Å². The minimum Gasteiger partial charge on any atom is -0.447 e. The largest absolute Gasteiger partial charge is 0.447 e. The lowest BCUT2D eigenvalue weighted by Gasteiger charge is -2.13. The normalized spacial score (nSPS) is 20.5. The van der Waals surface area contributed by atoms with Gasteiger partial charge in [0.05, 0.1) is 6.54 Å². The lowest BCUT2D eigenvalue weighted by molar-refractivity contribution is 0.335. The van der Waals surface area contributed by atoms with Gasteiger partial charge in [-0.1, -0.05) is 6.92 Å². The van der Waals surface area contributed by atoms with E-state index in [4.69, 9.17) is 4.42 Å². The number of hydrogen-bond acceptors (Lipinski definition) is 5. The van der Waals surface area contributed by atoms with Gasteiger partial charge in [0.2, 0.25) is 5.09 Å². The zero-order valence-electron chi connectivity index (χ0n) is 13.0. The van der Waals surface area contributed by atoms with Crippen LogP contribution in [0.3, 0.4) is 0 Å². The molecule has 120 valence electrons. The van der Waals surface area contributed by atoms with Gasteiger partial charge in [0, 0.05) is 20.6 Å². The maximum atomic E-state index is 11.9. The molecular formula is C14H25N3O3S. The van der Waals surface area contributed by atoms with Crippen molar-refractivity contribution in [3.8, 4) is 0 Å². The lowest BCUT2D eigenvalue weighted by atomic mass is 10.1. The van der Waals surface area contributed by atoms with E-state index in [1.54, 1.807) is 6.07 Å². The molecule has 0 saturated carbocycles. The van der Waals surface area contributed by atoms with Crippen molar-refractivity contribution in [3.63, 3.8) is 0 Å². The Kier molecular flexibility index (Phi) is 5.43. The van der Waals surface area contributed by atoms with E-state index >= 15 is 0 Å². The molecule has 0 bridgehead atoms. The number of rotatable bonds is 7. The fourth-order valence-corrected chi connectivity index (χ4v) is 3.35. The van der Waals surface area contributed by atoms with Crippen molar-refractivity contribution >= 4 is 10.0 Å². The maximum Gasteiger partial charge on any atom is 0.275 e. The lowest BCUT2D eigenvalue weighted by Crippen LogP contribution is -2.26. The van der Waals surface area contributed by atoms with Crippen molar-refractivity contribution in [3.05, 3.63) is 17.9 Å². The molecule has 6 nitrogen and oxygen atoms in total. The molecule has 2 heterocycles. The molecule has 0 aliphatic carbocycles. The summed E-state index contributed by atoms with van der Waals surface area (Å²) in [6, 6.07) is 3.23. The van der Waals surface area contributed by atoms with E-state index in [0.29, 0.717) is 18.2 Å². The minimum atomic E-state index is -3.48. The highest BCUT2D eigenvalue weighted by Crippen LogP contribution is 2.17. The highest BCUT2D eigenvalue weighted by molar-refractivity contribution is 7.88. The van der Waals surface area contributed by atoms with Gasteiger partial charge in [-0.25, -0.2) is 12.7 Å². The number of furan rings is 1. The minimum absolute atomic E-state index is 0.00215. The molecule has 1 unspecified atom stereocenters. The van der Waals surface area contributed by atoms with E-state index in [9.17, 15) is 8.42 Å². The Morgan fingerprint density at radius 1 is 1.43 bits per heavy atom. The van der Waals surface area contributed by atoms with Crippen molar-refractivity contribution < 1.29 is 12.8 Å². The van der Waals surface area contributed by atoms with Crippen molar-refractivity contribution in [1.82, 2.24) is 14.5 Å². The van der Waals surface area contributed by atoms with E-state index in [1.165, 1.54) is 33.1 Å². The monoisotopic (exact) mass is 315 g/mol. The van der Waals surface area contributed by atoms with Crippen molar-refractivity contribution in [1.29, 1.82) is 0 Å². The quantitative estimate of drug-likeness (QED) is 0.812. The fourth-order valence-electron chi connectivity index (χ4n) is 2.54. The van der Waals surface area contributed by atoms with Gasteiger partial charge in [0.25, 0.3) is 10.0 Å². The Bertz CT molecular complexity index is 554. The van der Waals surface area contributed by atoms with Crippen LogP contribution in [0.4, 0.5) is 0 Å². The molecular weight excluding hydrogens is 290 g/mol. The molecule has 1 atom stereocenters. The second-order valence-electron chi connectivity index (χ2n) is 5.69. The van der Waals surface area contributed by atoms with Crippen LogP contribution in [0.15, 0.2) is 21.6 Å². The molecule has 1 aliphatic rings. The van der Waals surface area contributed by atoms with Crippen LogP contribution in [-0.4, -0.2) is 57.9 Å². The maximum absolute atomic E-state index is 11.9. The van der Waals surface area contributed by atoms with Crippen LogP contribution >= 0.6 is 0 Å². The van der Waals surface area contributed by atoms with Gasteiger partial charge in [-0.15, -0.1) is 0 Å². The third kappa shape index (κ3) is 4.06. The second kappa shape index (κ2) is 6.91. The molecule has 1 fully saturated rings. The number of nitrogens with zero attached hydrogens (tertiary/aromatic N) is 2. The number of hydrogen-bond donors (Lipinski definition) is 1. The summed E-state index contributed by atoms with van der Waals surface area (Å²) >= 11 is 0. The van der Waals surface area contributed by atoms with Gasteiger partial charge in [-0.2, -0.15) is 0 Å². The van der Waals surface area contributed by atoms with Crippen LogP contribution in [0.2, 0.25) is 0 Å². The van der Waals surface area contributed by atoms with Crippen LogP contribution < -0.4 is 5.32 Å². The van der Waals surface area contributed by atoms with E-state index in [1.807, 2.05) is 0 Å². The molecule has 7 heteroatoms. The summed E-state index contributed by atoms with van der Waals surface area (Å²) in [6.07, 6.45) is 1.22. The van der Waals surface area contributed by atoms with E-state index in [-0.39, 0.29) is 5.09 Å². The molecule has 1 aromatic rings. The van der Waals surface area contributed by atoms with Gasteiger partial charge in [0.15, 0.2) is 0 Å². The molecule has 0 spiro atoms. The zero-order valence-corrected chi connectivity index (χ0v) is 13.8. The van der Waals surface area contributed by atoms with E-state index < -0.39 is 10.0 Å². The van der Waals surface area contributed by atoms with Crippen LogP contribution in [0.25, 0.3) is 0 Å². The van der Waals surface area contributed by atoms with Crippen LogP contribution in [0, 0.1) is 5.92 Å². The highest BCUT2D eigenvalue weighted by Gasteiger charge is 2.22. The van der Waals surface area contributed by atoms with Crippen molar-refractivity contribution in [2.75, 3.05) is 40.3 Å². The molecule has 1 aliphatic heterocycles. The predicted molar refractivity (Wildman–Crippen MR) is 81.5 cm³/mol. The third-order valence-electron chi connectivity index (χ3n) is 3.92. The van der Waals surface area contributed by atoms with Gasteiger partial charge in [-0.05, 0) is 44.1 Å². The third-order valence-corrected chi connectivity index (χ3v) is 5.61. The van der Waals surface area contributed by atoms with Gasteiger partial charge < -0.3 is 14.6 Å². The van der Waals surface area contributed by atoms with Crippen LogP contribution in [0.5, 0.6) is 0 Å². The van der Waals surface area contributed by atoms with E-state index in [2.05, 4.69) is 17.1 Å². The topological polar surface area (TPSA) is 65.8 Å². The molecule has 1 saturated heterocycles. The number of nitrogens with one attached hydrogen (secondary N) is 1. The van der Waals surface area contributed by atoms with Crippen LogP contribution in [0.1, 0.15) is 19.1 Å². The fraction of sp³-hybridized carbons (Fsp3) is 0.714. The molecule has 2 rings (SSSR count). The first kappa shape index (κ1) is 16.5. The SMILES string of the molecule is CCN1CCC(CNCc2ccc(S(=O)(=O)N(C)C)o2)C1. The first-order valence-corrected chi connectivity index (χ1v) is 8.81. The average Bonchev–Trinajstić information content (AvgIpc) is 3.07. The summed E-state index contributed by atoms with van der Waals surface area (Å²) in [5, 5.41) is 3.36. The molecule has 0 radical (unpaired) electrons. The summed E-state index contributed by atoms with van der Waals surface area (Å²) in [4.78, 5) is 2.45. The molecule has 0 aromatic carbocycles. The van der Waals surface area contributed by atoms with E-state index in [0.717, 1.165) is 23.9 Å². The van der Waals surface area contributed by atoms with Crippen molar-refractivity contribution in [2.24, 2.45) is 5.92 Å². The molecule has 1 N–H and O–H groups in total. The Morgan fingerprint density at radius 3 is 2.81 bits per heavy atom. The zero-order chi connectivity index (χ0) is 15.5.